The van der Waals surface area contributed by atoms with Crippen molar-refractivity contribution in [1.29, 1.82) is 0 Å². The van der Waals surface area contributed by atoms with Gasteiger partial charge in [-0.2, -0.15) is 4.98 Å². The average molecular weight is 258 g/mol. The van der Waals surface area contributed by atoms with Crippen molar-refractivity contribution < 1.29 is 4.52 Å². The molecule has 0 radical (unpaired) electrons. The summed E-state index contributed by atoms with van der Waals surface area (Å²) in [6.45, 7) is 4.74. The first-order chi connectivity index (χ1) is 9.22. The Labute approximate surface area is 112 Å². The SMILES string of the molecule is CC1CN(Cc2nc(-c3ccccc3)no2)CC1N. The number of likely N-dealkylation sites (tertiary alicyclic amines) is 1. The Bertz CT molecular complexity index is 529. The molecule has 3 rings (SSSR count). The zero-order valence-corrected chi connectivity index (χ0v) is 11.0. The molecule has 1 fully saturated rings. The van der Waals surface area contributed by atoms with Crippen LogP contribution in [0.5, 0.6) is 0 Å². The first-order valence-electron chi connectivity index (χ1n) is 6.58. The Hall–Kier alpha value is -1.72. The van der Waals surface area contributed by atoms with Gasteiger partial charge in [-0.3, -0.25) is 4.90 Å². The number of nitrogens with zero attached hydrogens (tertiary/aromatic N) is 3. The lowest BCUT2D eigenvalue weighted by atomic mass is 10.1. The summed E-state index contributed by atoms with van der Waals surface area (Å²) in [6, 6.07) is 10.1. The summed E-state index contributed by atoms with van der Waals surface area (Å²) >= 11 is 0. The van der Waals surface area contributed by atoms with Crippen molar-refractivity contribution in [2.24, 2.45) is 11.7 Å². The number of benzene rings is 1. The monoisotopic (exact) mass is 258 g/mol. The van der Waals surface area contributed by atoms with E-state index in [1.807, 2.05) is 30.3 Å². The highest BCUT2D eigenvalue weighted by Gasteiger charge is 2.27. The molecule has 0 amide bonds. The van der Waals surface area contributed by atoms with Crippen LogP contribution >= 0.6 is 0 Å². The van der Waals surface area contributed by atoms with Gasteiger partial charge in [-0.25, -0.2) is 0 Å². The number of aromatic nitrogens is 2. The molecular weight excluding hydrogens is 240 g/mol. The van der Waals surface area contributed by atoms with E-state index in [4.69, 9.17) is 10.3 Å². The standard InChI is InChI=1S/C14H18N4O/c1-10-7-18(8-12(10)15)9-13-16-14(17-19-13)11-5-3-2-4-6-11/h2-6,10,12H,7-9,15H2,1H3. The van der Waals surface area contributed by atoms with Crippen LogP contribution in [-0.2, 0) is 6.54 Å². The zero-order valence-electron chi connectivity index (χ0n) is 11.0. The molecule has 0 aliphatic carbocycles. The van der Waals surface area contributed by atoms with Gasteiger partial charge in [0.15, 0.2) is 0 Å². The number of rotatable bonds is 3. The minimum absolute atomic E-state index is 0.247. The third-order valence-corrected chi connectivity index (χ3v) is 3.61. The van der Waals surface area contributed by atoms with E-state index in [0.29, 0.717) is 24.2 Å². The molecule has 1 aromatic carbocycles. The highest BCUT2D eigenvalue weighted by Crippen LogP contribution is 2.19. The van der Waals surface area contributed by atoms with Crippen LogP contribution in [0.3, 0.4) is 0 Å². The molecule has 1 saturated heterocycles. The molecule has 0 spiro atoms. The lowest BCUT2D eigenvalue weighted by molar-refractivity contribution is 0.261. The molecule has 0 bridgehead atoms. The van der Waals surface area contributed by atoms with E-state index in [0.717, 1.165) is 18.7 Å². The maximum Gasteiger partial charge on any atom is 0.241 e. The Kier molecular flexibility index (Phi) is 3.31. The third kappa shape index (κ3) is 2.67. The van der Waals surface area contributed by atoms with Crippen LogP contribution in [0.4, 0.5) is 0 Å². The fourth-order valence-corrected chi connectivity index (χ4v) is 2.44. The van der Waals surface area contributed by atoms with E-state index < -0.39 is 0 Å². The Morgan fingerprint density at radius 3 is 2.79 bits per heavy atom. The van der Waals surface area contributed by atoms with Gasteiger partial charge in [0.05, 0.1) is 6.54 Å². The van der Waals surface area contributed by atoms with Crippen molar-refractivity contribution in [3.63, 3.8) is 0 Å². The van der Waals surface area contributed by atoms with E-state index >= 15 is 0 Å². The predicted molar refractivity (Wildman–Crippen MR) is 72.2 cm³/mol. The zero-order chi connectivity index (χ0) is 13.2. The fourth-order valence-electron chi connectivity index (χ4n) is 2.44. The van der Waals surface area contributed by atoms with Crippen molar-refractivity contribution in [1.82, 2.24) is 15.0 Å². The topological polar surface area (TPSA) is 68.2 Å². The summed E-state index contributed by atoms with van der Waals surface area (Å²) < 4.78 is 5.31. The van der Waals surface area contributed by atoms with E-state index in [2.05, 4.69) is 22.0 Å². The van der Waals surface area contributed by atoms with Crippen LogP contribution in [0.25, 0.3) is 11.4 Å². The summed E-state index contributed by atoms with van der Waals surface area (Å²) in [5.41, 5.74) is 6.99. The Balaban J connectivity index is 1.69. The van der Waals surface area contributed by atoms with Gasteiger partial charge in [-0.05, 0) is 5.92 Å². The van der Waals surface area contributed by atoms with E-state index in [-0.39, 0.29) is 6.04 Å². The van der Waals surface area contributed by atoms with Gasteiger partial charge in [0.25, 0.3) is 0 Å². The molecule has 19 heavy (non-hydrogen) atoms. The minimum atomic E-state index is 0.247. The number of hydrogen-bond acceptors (Lipinski definition) is 5. The van der Waals surface area contributed by atoms with Crippen molar-refractivity contribution >= 4 is 0 Å². The molecule has 2 atom stereocenters. The first-order valence-corrected chi connectivity index (χ1v) is 6.58. The molecule has 2 aromatic rings. The Morgan fingerprint density at radius 1 is 1.32 bits per heavy atom. The largest absolute Gasteiger partial charge is 0.338 e. The summed E-state index contributed by atoms with van der Waals surface area (Å²) in [4.78, 5) is 6.70. The normalized spacial score (nSPS) is 23.9. The van der Waals surface area contributed by atoms with E-state index in [1.165, 1.54) is 0 Å². The van der Waals surface area contributed by atoms with Gasteiger partial charge in [-0.1, -0.05) is 42.4 Å². The molecule has 100 valence electrons. The second-order valence-electron chi connectivity index (χ2n) is 5.21. The van der Waals surface area contributed by atoms with Crippen molar-refractivity contribution in [2.45, 2.75) is 19.5 Å². The molecular formula is C14H18N4O. The summed E-state index contributed by atoms with van der Waals surface area (Å²) in [6.07, 6.45) is 0. The van der Waals surface area contributed by atoms with Crippen LogP contribution < -0.4 is 5.73 Å². The quantitative estimate of drug-likeness (QED) is 0.904. The maximum atomic E-state index is 6.01. The predicted octanol–water partition coefficient (Wildman–Crippen LogP) is 1.52. The number of nitrogens with two attached hydrogens (primary N) is 1. The summed E-state index contributed by atoms with van der Waals surface area (Å²) in [5.74, 6) is 1.82. The molecule has 2 heterocycles. The van der Waals surface area contributed by atoms with Crippen LogP contribution in [0.15, 0.2) is 34.9 Å². The lowest BCUT2D eigenvalue weighted by Gasteiger charge is -2.11. The molecule has 1 aliphatic rings. The second kappa shape index (κ2) is 5.11. The molecule has 1 aromatic heterocycles. The lowest BCUT2D eigenvalue weighted by Crippen LogP contribution is -2.28. The highest BCUT2D eigenvalue weighted by molar-refractivity contribution is 5.53. The molecule has 0 saturated carbocycles. The van der Waals surface area contributed by atoms with Crippen molar-refractivity contribution in [2.75, 3.05) is 13.1 Å². The van der Waals surface area contributed by atoms with Gasteiger partial charge < -0.3 is 10.3 Å². The van der Waals surface area contributed by atoms with Gasteiger partial charge in [0, 0.05) is 24.7 Å². The third-order valence-electron chi connectivity index (χ3n) is 3.61. The molecule has 1 aliphatic heterocycles. The van der Waals surface area contributed by atoms with Crippen molar-refractivity contribution in [3.8, 4) is 11.4 Å². The highest BCUT2D eigenvalue weighted by atomic mass is 16.5. The van der Waals surface area contributed by atoms with E-state index in [1.54, 1.807) is 0 Å². The molecule has 2 N–H and O–H groups in total. The first kappa shape index (κ1) is 12.3. The molecule has 5 heteroatoms. The molecule has 5 nitrogen and oxygen atoms in total. The van der Waals surface area contributed by atoms with Crippen LogP contribution in [0, 0.1) is 5.92 Å². The van der Waals surface area contributed by atoms with Gasteiger partial charge in [-0.15, -0.1) is 0 Å². The van der Waals surface area contributed by atoms with Gasteiger partial charge >= 0.3 is 0 Å². The summed E-state index contributed by atoms with van der Waals surface area (Å²) in [7, 11) is 0. The van der Waals surface area contributed by atoms with Crippen molar-refractivity contribution in [3.05, 3.63) is 36.2 Å². The van der Waals surface area contributed by atoms with Crippen LogP contribution in [-0.4, -0.2) is 34.2 Å². The number of hydrogen-bond donors (Lipinski definition) is 1. The average Bonchev–Trinajstić information content (AvgIpc) is 2.99. The summed E-state index contributed by atoms with van der Waals surface area (Å²) in [5, 5.41) is 4.02. The second-order valence-corrected chi connectivity index (χ2v) is 5.21. The smallest absolute Gasteiger partial charge is 0.241 e. The van der Waals surface area contributed by atoms with E-state index in [9.17, 15) is 0 Å². The van der Waals surface area contributed by atoms with Gasteiger partial charge in [0.1, 0.15) is 0 Å². The molecule has 2 unspecified atom stereocenters. The van der Waals surface area contributed by atoms with Crippen LogP contribution in [0.1, 0.15) is 12.8 Å². The fraction of sp³-hybridized carbons (Fsp3) is 0.429. The minimum Gasteiger partial charge on any atom is -0.338 e. The Morgan fingerprint density at radius 2 is 2.11 bits per heavy atom. The maximum absolute atomic E-state index is 6.01. The van der Waals surface area contributed by atoms with Gasteiger partial charge in [0.2, 0.25) is 11.7 Å². The van der Waals surface area contributed by atoms with Crippen LogP contribution in [0.2, 0.25) is 0 Å².